The summed E-state index contributed by atoms with van der Waals surface area (Å²) in [5.74, 6) is -2.28. The highest BCUT2D eigenvalue weighted by atomic mass is 32.2. The van der Waals surface area contributed by atoms with E-state index in [2.05, 4.69) is 17.4 Å². The Morgan fingerprint density at radius 3 is 2.30 bits per heavy atom. The van der Waals surface area contributed by atoms with Gasteiger partial charge in [-0.15, -0.1) is 0 Å². The number of ketones is 1. The number of methoxy groups -OCH3 is 1. The summed E-state index contributed by atoms with van der Waals surface area (Å²) >= 11 is 4.88. The van der Waals surface area contributed by atoms with Gasteiger partial charge in [0, 0.05) is 12.2 Å². The average molecular weight is 415 g/mol. The van der Waals surface area contributed by atoms with Crippen LogP contribution < -0.4 is 0 Å². The fourth-order valence-corrected chi connectivity index (χ4v) is 2.66. The maximum Gasteiger partial charge on any atom is 0.370 e. The second kappa shape index (κ2) is 11.0. The molecule has 9 heteroatoms. The number of thiol groups is 1. The van der Waals surface area contributed by atoms with Gasteiger partial charge in [0.25, 0.3) is 0 Å². The molecule has 7 nitrogen and oxygen atoms in total. The van der Waals surface area contributed by atoms with Crippen molar-refractivity contribution in [2.45, 2.75) is 25.0 Å². The van der Waals surface area contributed by atoms with Crippen molar-refractivity contribution in [3.05, 3.63) is 35.9 Å². The van der Waals surface area contributed by atoms with Crippen LogP contribution in [-0.4, -0.2) is 47.4 Å². The first-order chi connectivity index (χ1) is 12.6. The standard InChI is InChI=1S/C18H22O7S2/c1-18(2,26)14(19)9-13(15(20)23-3)10-27-17(22)25-11-24-16(21)12-7-5-4-6-8-12/h4-8,13,26H,9-11H2,1-3H3/t13-/m0/s1. The van der Waals surface area contributed by atoms with Crippen molar-refractivity contribution in [3.8, 4) is 0 Å². The van der Waals surface area contributed by atoms with E-state index in [0.29, 0.717) is 17.3 Å². The van der Waals surface area contributed by atoms with Crippen molar-refractivity contribution in [2.75, 3.05) is 19.7 Å². The van der Waals surface area contributed by atoms with Crippen LogP contribution >= 0.6 is 24.4 Å². The Bertz CT molecular complexity index is 668. The van der Waals surface area contributed by atoms with Crippen LogP contribution in [0.4, 0.5) is 4.79 Å². The molecule has 1 aromatic rings. The maximum absolute atomic E-state index is 12.1. The van der Waals surface area contributed by atoms with Crippen LogP contribution in [0.25, 0.3) is 0 Å². The molecule has 0 fully saturated rings. The van der Waals surface area contributed by atoms with E-state index in [-0.39, 0.29) is 18.0 Å². The van der Waals surface area contributed by atoms with Gasteiger partial charge >= 0.3 is 17.2 Å². The number of rotatable bonds is 9. The fraction of sp³-hybridized carbons (Fsp3) is 0.444. The summed E-state index contributed by atoms with van der Waals surface area (Å²) in [5, 5.41) is -0.734. The van der Waals surface area contributed by atoms with Gasteiger partial charge in [-0.3, -0.25) is 9.59 Å². The summed E-state index contributed by atoms with van der Waals surface area (Å²) in [6, 6.07) is 8.25. The molecule has 0 aliphatic rings. The molecule has 1 atom stereocenters. The monoisotopic (exact) mass is 414 g/mol. The zero-order valence-corrected chi connectivity index (χ0v) is 17.0. The number of esters is 2. The number of carbonyl (C=O) groups excluding carboxylic acids is 4. The molecule has 1 aromatic carbocycles. The molecule has 0 aromatic heterocycles. The predicted octanol–water partition coefficient (Wildman–Crippen LogP) is 3.13. The minimum atomic E-state index is -0.900. The van der Waals surface area contributed by atoms with Crippen LogP contribution in [0.1, 0.15) is 30.6 Å². The highest BCUT2D eigenvalue weighted by Crippen LogP contribution is 2.22. The fourth-order valence-electron chi connectivity index (χ4n) is 1.85. The molecule has 0 amide bonds. The summed E-state index contributed by atoms with van der Waals surface area (Å²) in [6.45, 7) is 2.69. The van der Waals surface area contributed by atoms with Crippen LogP contribution in [0.2, 0.25) is 0 Å². The van der Waals surface area contributed by atoms with E-state index >= 15 is 0 Å². The molecule has 0 aliphatic heterocycles. The minimum absolute atomic E-state index is 0.00621. The molecule has 0 heterocycles. The highest BCUT2D eigenvalue weighted by Gasteiger charge is 2.30. The Labute approximate surface area is 167 Å². The van der Waals surface area contributed by atoms with Gasteiger partial charge in [0.1, 0.15) is 5.78 Å². The highest BCUT2D eigenvalue weighted by molar-refractivity contribution is 8.13. The van der Waals surface area contributed by atoms with Crippen molar-refractivity contribution in [1.82, 2.24) is 0 Å². The number of ether oxygens (including phenoxy) is 3. The van der Waals surface area contributed by atoms with Crippen molar-refractivity contribution in [2.24, 2.45) is 5.92 Å². The van der Waals surface area contributed by atoms with Gasteiger partial charge in [-0.1, -0.05) is 18.2 Å². The predicted molar refractivity (Wildman–Crippen MR) is 104 cm³/mol. The van der Waals surface area contributed by atoms with E-state index in [0.717, 1.165) is 0 Å². The van der Waals surface area contributed by atoms with E-state index < -0.39 is 34.7 Å². The van der Waals surface area contributed by atoms with Gasteiger partial charge in [0.2, 0.25) is 6.79 Å². The first-order valence-corrected chi connectivity index (χ1v) is 9.43. The molecule has 0 spiro atoms. The van der Waals surface area contributed by atoms with Crippen LogP contribution in [0, 0.1) is 5.92 Å². The molecule has 1 rings (SSSR count). The summed E-state index contributed by atoms with van der Waals surface area (Å²) in [5.41, 5.74) is 0.333. The van der Waals surface area contributed by atoms with E-state index in [4.69, 9.17) is 9.47 Å². The molecule has 0 N–H and O–H groups in total. The normalized spacial score (nSPS) is 12.0. The summed E-state index contributed by atoms with van der Waals surface area (Å²) < 4.78 is 13.4. The van der Waals surface area contributed by atoms with Crippen LogP contribution in [0.3, 0.4) is 0 Å². The van der Waals surface area contributed by atoms with Crippen molar-refractivity contribution >= 4 is 47.4 Å². The number of hydrogen-bond acceptors (Lipinski definition) is 9. The Morgan fingerprint density at radius 1 is 1.11 bits per heavy atom. The summed E-state index contributed by atoms with van der Waals surface area (Å²) in [4.78, 5) is 47.3. The lowest BCUT2D eigenvalue weighted by Crippen LogP contribution is -2.31. The average Bonchev–Trinajstić information content (AvgIpc) is 2.64. The maximum atomic E-state index is 12.1. The van der Waals surface area contributed by atoms with Crippen molar-refractivity contribution < 1.29 is 33.4 Å². The number of benzene rings is 1. The summed E-state index contributed by atoms with van der Waals surface area (Å²) in [7, 11) is 1.21. The molecule has 27 heavy (non-hydrogen) atoms. The molecule has 0 radical (unpaired) electrons. The Hall–Kier alpha value is -2.00. The largest absolute Gasteiger partial charge is 0.469 e. The van der Waals surface area contributed by atoms with Gasteiger partial charge in [-0.05, 0) is 37.7 Å². The van der Waals surface area contributed by atoms with Crippen LogP contribution in [-0.2, 0) is 23.8 Å². The second-order valence-corrected chi connectivity index (χ2v) is 8.10. The van der Waals surface area contributed by atoms with Gasteiger partial charge < -0.3 is 14.2 Å². The number of thioether (sulfide) groups is 1. The minimum Gasteiger partial charge on any atom is -0.469 e. The Kier molecular flexibility index (Phi) is 9.37. The lowest BCUT2D eigenvalue weighted by molar-refractivity contribution is -0.146. The zero-order valence-electron chi connectivity index (χ0n) is 15.3. The zero-order chi connectivity index (χ0) is 20.4. The first-order valence-electron chi connectivity index (χ1n) is 8.00. The lowest BCUT2D eigenvalue weighted by Gasteiger charge is -2.19. The molecular formula is C18H22O7S2. The number of Topliss-reactive ketones (excluding diaryl/α,β-unsaturated/α-hetero) is 1. The van der Waals surface area contributed by atoms with Crippen molar-refractivity contribution in [1.29, 1.82) is 0 Å². The molecular weight excluding hydrogens is 392 g/mol. The molecule has 0 bridgehead atoms. The molecule has 0 saturated heterocycles. The summed E-state index contributed by atoms with van der Waals surface area (Å²) in [6.07, 6.45) is -0.105. The molecule has 0 unspecified atom stereocenters. The van der Waals surface area contributed by atoms with Crippen LogP contribution in [0.15, 0.2) is 30.3 Å². The molecule has 0 saturated carbocycles. The van der Waals surface area contributed by atoms with Crippen molar-refractivity contribution in [3.63, 3.8) is 0 Å². The quantitative estimate of drug-likeness (QED) is 0.374. The van der Waals surface area contributed by atoms with Gasteiger partial charge in [0.15, 0.2) is 0 Å². The van der Waals surface area contributed by atoms with E-state index in [1.54, 1.807) is 44.2 Å². The Balaban J connectivity index is 2.44. The number of carbonyl (C=O) groups is 4. The molecule has 148 valence electrons. The van der Waals surface area contributed by atoms with Gasteiger partial charge in [-0.2, -0.15) is 12.6 Å². The van der Waals surface area contributed by atoms with E-state index in [1.165, 1.54) is 7.11 Å². The van der Waals surface area contributed by atoms with Gasteiger partial charge in [0.05, 0.1) is 23.3 Å². The first kappa shape index (κ1) is 23.0. The smallest absolute Gasteiger partial charge is 0.370 e. The third-order valence-corrected chi connectivity index (χ3v) is 4.60. The lowest BCUT2D eigenvalue weighted by atomic mass is 9.97. The molecule has 0 aliphatic carbocycles. The SMILES string of the molecule is COC(=O)[C@H](CSC(=O)OCOC(=O)c1ccccc1)CC(=O)C(C)(C)S. The second-order valence-electron chi connectivity index (χ2n) is 6.03. The van der Waals surface area contributed by atoms with Crippen LogP contribution in [0.5, 0.6) is 0 Å². The van der Waals surface area contributed by atoms with E-state index in [9.17, 15) is 19.2 Å². The topological polar surface area (TPSA) is 96.0 Å². The van der Waals surface area contributed by atoms with Gasteiger partial charge in [-0.25, -0.2) is 9.59 Å². The third kappa shape index (κ3) is 8.49. The third-order valence-electron chi connectivity index (χ3n) is 3.43. The van der Waals surface area contributed by atoms with E-state index in [1.807, 2.05) is 0 Å². The Morgan fingerprint density at radius 2 is 1.74 bits per heavy atom. The number of hydrogen-bond donors (Lipinski definition) is 1.